The zero-order valence-corrected chi connectivity index (χ0v) is 16.2. The smallest absolute Gasteiger partial charge is 0.248 e. The normalized spacial score (nSPS) is 22.6. The highest BCUT2D eigenvalue weighted by molar-refractivity contribution is 5.77. The Hall–Kier alpha value is -2.26. The zero-order chi connectivity index (χ0) is 19.0. The summed E-state index contributed by atoms with van der Waals surface area (Å²) in [4.78, 5) is 17.7. The first kappa shape index (κ1) is 18.1. The number of morpholine rings is 1. The average Bonchev–Trinajstić information content (AvgIpc) is 3.08. The fourth-order valence-corrected chi connectivity index (χ4v) is 3.82. The van der Waals surface area contributed by atoms with Crippen molar-refractivity contribution in [2.24, 2.45) is 0 Å². The first-order valence-electron chi connectivity index (χ1n) is 9.49. The molecule has 1 atom stereocenters. The fraction of sp³-hybridized carbons (Fsp3) is 0.667. The van der Waals surface area contributed by atoms with Gasteiger partial charge in [0, 0.05) is 40.2 Å². The van der Waals surface area contributed by atoms with Crippen LogP contribution in [0.4, 0.5) is 5.82 Å². The second-order valence-corrected chi connectivity index (χ2v) is 7.70. The SMILES string of the molecule is CN1CC(CN2CCC(c3nnc4ccc(N(C)C)nn34)CC2)OCC1=O. The van der Waals surface area contributed by atoms with E-state index >= 15 is 0 Å². The van der Waals surface area contributed by atoms with E-state index in [4.69, 9.17) is 4.74 Å². The summed E-state index contributed by atoms with van der Waals surface area (Å²) in [6, 6.07) is 3.93. The number of anilines is 1. The van der Waals surface area contributed by atoms with E-state index in [1.807, 2.05) is 42.7 Å². The monoisotopic (exact) mass is 373 g/mol. The average molecular weight is 373 g/mol. The van der Waals surface area contributed by atoms with Crippen LogP contribution >= 0.6 is 0 Å². The molecule has 4 rings (SSSR count). The summed E-state index contributed by atoms with van der Waals surface area (Å²) in [5.41, 5.74) is 0.793. The van der Waals surface area contributed by atoms with E-state index in [1.54, 1.807) is 4.90 Å². The molecule has 2 saturated heterocycles. The van der Waals surface area contributed by atoms with E-state index in [0.29, 0.717) is 12.5 Å². The number of nitrogens with zero attached hydrogens (tertiary/aromatic N) is 7. The number of carbonyl (C=O) groups is 1. The number of rotatable bonds is 4. The molecule has 2 aromatic heterocycles. The lowest BCUT2D eigenvalue weighted by Gasteiger charge is -2.36. The second kappa shape index (κ2) is 7.40. The molecule has 0 radical (unpaired) electrons. The number of hydrogen-bond acceptors (Lipinski definition) is 7. The molecule has 2 fully saturated rings. The Labute approximate surface area is 158 Å². The van der Waals surface area contributed by atoms with Gasteiger partial charge in [0.25, 0.3) is 0 Å². The number of hydrogen-bond donors (Lipinski definition) is 0. The number of amides is 1. The maximum absolute atomic E-state index is 11.5. The molecular formula is C18H27N7O2. The minimum absolute atomic E-state index is 0.0632. The summed E-state index contributed by atoms with van der Waals surface area (Å²) in [5, 5.41) is 13.4. The van der Waals surface area contributed by atoms with Crippen molar-refractivity contribution in [2.45, 2.75) is 24.9 Å². The quantitative estimate of drug-likeness (QED) is 0.759. The molecule has 0 N–H and O–H groups in total. The Kier molecular flexibility index (Phi) is 4.96. The first-order valence-corrected chi connectivity index (χ1v) is 9.49. The van der Waals surface area contributed by atoms with Crippen LogP contribution in [-0.4, -0.2) is 95.6 Å². The Morgan fingerprint density at radius 2 is 2.00 bits per heavy atom. The van der Waals surface area contributed by atoms with Gasteiger partial charge in [-0.1, -0.05) is 0 Å². The van der Waals surface area contributed by atoms with Crippen LogP contribution in [0.5, 0.6) is 0 Å². The van der Waals surface area contributed by atoms with E-state index < -0.39 is 0 Å². The molecule has 2 aliphatic rings. The third-order valence-corrected chi connectivity index (χ3v) is 5.49. The van der Waals surface area contributed by atoms with Crippen molar-refractivity contribution in [3.8, 4) is 0 Å². The molecule has 1 unspecified atom stereocenters. The minimum atomic E-state index is 0.0632. The van der Waals surface area contributed by atoms with E-state index in [1.165, 1.54) is 0 Å². The lowest BCUT2D eigenvalue weighted by Crippen LogP contribution is -2.49. The summed E-state index contributed by atoms with van der Waals surface area (Å²) in [6.07, 6.45) is 2.15. The van der Waals surface area contributed by atoms with Gasteiger partial charge in [0.2, 0.25) is 5.91 Å². The van der Waals surface area contributed by atoms with Gasteiger partial charge in [-0.3, -0.25) is 4.79 Å². The number of fused-ring (bicyclic) bond motifs is 1. The summed E-state index contributed by atoms with van der Waals surface area (Å²) in [7, 11) is 5.81. The summed E-state index contributed by atoms with van der Waals surface area (Å²) >= 11 is 0. The van der Waals surface area contributed by atoms with E-state index in [0.717, 1.165) is 49.8 Å². The van der Waals surface area contributed by atoms with Crippen LogP contribution in [0.2, 0.25) is 0 Å². The molecule has 0 spiro atoms. The summed E-state index contributed by atoms with van der Waals surface area (Å²) < 4.78 is 7.57. The van der Waals surface area contributed by atoms with Gasteiger partial charge < -0.3 is 19.4 Å². The number of aromatic nitrogens is 4. The van der Waals surface area contributed by atoms with Gasteiger partial charge in [-0.15, -0.1) is 15.3 Å². The molecule has 0 aromatic carbocycles. The Morgan fingerprint density at radius 1 is 1.22 bits per heavy atom. The van der Waals surface area contributed by atoms with Crippen LogP contribution in [0.1, 0.15) is 24.6 Å². The number of piperidine rings is 1. The molecule has 146 valence electrons. The maximum Gasteiger partial charge on any atom is 0.248 e. The minimum Gasteiger partial charge on any atom is -0.365 e. The molecule has 9 heteroatoms. The van der Waals surface area contributed by atoms with Gasteiger partial charge >= 0.3 is 0 Å². The number of ether oxygens (including phenoxy) is 1. The molecule has 1 amide bonds. The van der Waals surface area contributed by atoms with Crippen LogP contribution in [0.25, 0.3) is 5.65 Å². The van der Waals surface area contributed by atoms with Crippen LogP contribution in [-0.2, 0) is 9.53 Å². The molecule has 9 nitrogen and oxygen atoms in total. The van der Waals surface area contributed by atoms with E-state index in [9.17, 15) is 4.79 Å². The Balaban J connectivity index is 1.39. The van der Waals surface area contributed by atoms with Crippen LogP contribution in [0.3, 0.4) is 0 Å². The van der Waals surface area contributed by atoms with Crippen LogP contribution < -0.4 is 4.90 Å². The first-order chi connectivity index (χ1) is 13.0. The second-order valence-electron chi connectivity index (χ2n) is 7.70. The lowest BCUT2D eigenvalue weighted by molar-refractivity contribution is -0.147. The van der Waals surface area contributed by atoms with Crippen molar-refractivity contribution in [1.29, 1.82) is 0 Å². The third-order valence-electron chi connectivity index (χ3n) is 5.49. The summed E-state index contributed by atoms with van der Waals surface area (Å²) in [6.45, 7) is 3.72. The highest BCUT2D eigenvalue weighted by Crippen LogP contribution is 2.27. The lowest BCUT2D eigenvalue weighted by atomic mass is 9.96. The predicted octanol–water partition coefficient (Wildman–Crippen LogP) is 0.227. The van der Waals surface area contributed by atoms with Crippen molar-refractivity contribution in [2.75, 3.05) is 58.8 Å². The predicted molar refractivity (Wildman–Crippen MR) is 101 cm³/mol. The summed E-state index contributed by atoms with van der Waals surface area (Å²) in [5.74, 6) is 2.27. The van der Waals surface area contributed by atoms with E-state index in [-0.39, 0.29) is 18.6 Å². The van der Waals surface area contributed by atoms with Gasteiger partial charge in [0.1, 0.15) is 12.4 Å². The molecule has 0 bridgehead atoms. The van der Waals surface area contributed by atoms with Crippen LogP contribution in [0.15, 0.2) is 12.1 Å². The third kappa shape index (κ3) is 3.74. The number of likely N-dealkylation sites (tertiary alicyclic amines) is 1. The molecular weight excluding hydrogens is 346 g/mol. The van der Waals surface area contributed by atoms with Crippen LogP contribution in [0, 0.1) is 0 Å². The van der Waals surface area contributed by atoms with Gasteiger partial charge in [-0.05, 0) is 38.1 Å². The molecule has 4 heterocycles. The largest absolute Gasteiger partial charge is 0.365 e. The topological polar surface area (TPSA) is 79.1 Å². The highest BCUT2D eigenvalue weighted by Gasteiger charge is 2.29. The molecule has 2 aliphatic heterocycles. The molecule has 0 aliphatic carbocycles. The standard InChI is InChI=1S/C18H27N7O2/c1-22(2)16-5-4-15-19-20-18(25(15)21-16)13-6-8-24(9-7-13)11-14-10-23(3)17(26)12-27-14/h4-5,13-14H,6-12H2,1-3H3. The highest BCUT2D eigenvalue weighted by atomic mass is 16.5. The van der Waals surface area contributed by atoms with Crippen molar-refractivity contribution < 1.29 is 9.53 Å². The van der Waals surface area contributed by atoms with Crippen molar-refractivity contribution >= 4 is 17.4 Å². The molecule has 0 saturated carbocycles. The molecule has 27 heavy (non-hydrogen) atoms. The van der Waals surface area contributed by atoms with Crippen molar-refractivity contribution in [3.05, 3.63) is 18.0 Å². The Bertz CT molecular complexity index is 813. The van der Waals surface area contributed by atoms with Crippen molar-refractivity contribution in [1.82, 2.24) is 29.6 Å². The van der Waals surface area contributed by atoms with Gasteiger partial charge in [0.05, 0.1) is 6.10 Å². The van der Waals surface area contributed by atoms with Gasteiger partial charge in [-0.25, -0.2) is 0 Å². The van der Waals surface area contributed by atoms with Crippen molar-refractivity contribution in [3.63, 3.8) is 0 Å². The van der Waals surface area contributed by atoms with Gasteiger partial charge in [-0.2, -0.15) is 4.52 Å². The number of carbonyl (C=O) groups excluding carboxylic acids is 1. The Morgan fingerprint density at radius 3 is 2.70 bits per heavy atom. The maximum atomic E-state index is 11.5. The number of likely N-dealkylation sites (N-methyl/N-ethyl adjacent to an activating group) is 1. The molecule has 2 aromatic rings. The van der Waals surface area contributed by atoms with E-state index in [2.05, 4.69) is 20.2 Å². The van der Waals surface area contributed by atoms with Gasteiger partial charge in [0.15, 0.2) is 11.5 Å². The fourth-order valence-electron chi connectivity index (χ4n) is 3.82. The zero-order valence-electron chi connectivity index (χ0n) is 16.2.